The molecule has 0 radical (unpaired) electrons. The molecule has 106 valence electrons. The van der Waals surface area contributed by atoms with Crippen LogP contribution in [0, 0.1) is 0 Å². The number of rotatable bonds is 4. The van der Waals surface area contributed by atoms with E-state index in [0.29, 0.717) is 0 Å². The number of carboxylic acid groups (broad SMARTS) is 1. The Balaban J connectivity index is 2.68. The number of fused-ring (bicyclic) bond motifs is 1. The van der Waals surface area contributed by atoms with Crippen molar-refractivity contribution in [3.63, 3.8) is 0 Å². The molecule has 0 heterocycles. The molecule has 2 rings (SSSR count). The highest BCUT2D eigenvalue weighted by Crippen LogP contribution is 2.32. The predicted octanol–water partition coefficient (Wildman–Crippen LogP) is 4.16. The van der Waals surface area contributed by atoms with Gasteiger partial charge in [0.25, 0.3) is 0 Å². The van der Waals surface area contributed by atoms with Crippen LogP contribution in [-0.4, -0.2) is 18.2 Å². The number of hydrogen-bond donors (Lipinski definition) is 1. The van der Waals surface area contributed by atoms with Crippen molar-refractivity contribution in [3.05, 3.63) is 41.5 Å². The summed E-state index contributed by atoms with van der Waals surface area (Å²) in [5.41, 5.74) is 1.98. The highest BCUT2D eigenvalue weighted by molar-refractivity contribution is 5.87. The minimum atomic E-state index is -0.792. The van der Waals surface area contributed by atoms with E-state index < -0.39 is 11.9 Å². The van der Waals surface area contributed by atoms with Gasteiger partial charge in [0.05, 0.1) is 13.0 Å². The quantitative estimate of drug-likeness (QED) is 0.909. The Labute approximate surface area is 119 Å². The summed E-state index contributed by atoms with van der Waals surface area (Å²) >= 11 is 0. The zero-order valence-electron chi connectivity index (χ0n) is 12.3. The number of methoxy groups -OCH3 is 1. The minimum Gasteiger partial charge on any atom is -0.497 e. The van der Waals surface area contributed by atoms with Crippen LogP contribution in [0.15, 0.2) is 30.3 Å². The number of aliphatic carboxylic acids is 1. The Bertz CT molecular complexity index is 644. The van der Waals surface area contributed by atoms with Crippen LogP contribution < -0.4 is 4.74 Å². The molecule has 0 aliphatic heterocycles. The fraction of sp³-hybridized carbons (Fsp3) is 0.353. The summed E-state index contributed by atoms with van der Waals surface area (Å²) in [5.74, 6) is -0.202. The Morgan fingerprint density at radius 2 is 1.70 bits per heavy atom. The lowest BCUT2D eigenvalue weighted by molar-refractivity contribution is -0.138. The highest BCUT2D eigenvalue weighted by Gasteiger charge is 2.19. The van der Waals surface area contributed by atoms with Crippen molar-refractivity contribution in [1.29, 1.82) is 0 Å². The van der Waals surface area contributed by atoms with Crippen LogP contribution in [-0.2, 0) is 4.79 Å². The third-order valence-electron chi connectivity index (χ3n) is 3.71. The van der Waals surface area contributed by atoms with E-state index in [4.69, 9.17) is 4.74 Å². The molecule has 2 aromatic carbocycles. The topological polar surface area (TPSA) is 46.5 Å². The molecular formula is C17H20O3. The first-order valence-electron chi connectivity index (χ1n) is 6.78. The lowest BCUT2D eigenvalue weighted by Crippen LogP contribution is -2.10. The minimum absolute atomic E-state index is 0.280. The van der Waals surface area contributed by atoms with Crippen molar-refractivity contribution in [2.24, 2.45) is 0 Å². The lowest BCUT2D eigenvalue weighted by atomic mass is 9.87. The second-order valence-corrected chi connectivity index (χ2v) is 5.41. The van der Waals surface area contributed by atoms with Crippen LogP contribution in [0.2, 0.25) is 0 Å². The molecule has 0 aliphatic rings. The Hall–Kier alpha value is -2.03. The smallest absolute Gasteiger partial charge is 0.310 e. The molecule has 0 bridgehead atoms. The number of carboxylic acids is 1. The van der Waals surface area contributed by atoms with Crippen molar-refractivity contribution >= 4 is 16.7 Å². The van der Waals surface area contributed by atoms with E-state index in [-0.39, 0.29) is 5.92 Å². The zero-order chi connectivity index (χ0) is 14.9. The van der Waals surface area contributed by atoms with Gasteiger partial charge in [0, 0.05) is 0 Å². The van der Waals surface area contributed by atoms with E-state index in [2.05, 4.69) is 19.9 Å². The van der Waals surface area contributed by atoms with Crippen LogP contribution >= 0.6 is 0 Å². The predicted molar refractivity (Wildman–Crippen MR) is 80.6 cm³/mol. The maximum Gasteiger partial charge on any atom is 0.310 e. The van der Waals surface area contributed by atoms with Crippen molar-refractivity contribution < 1.29 is 14.6 Å². The second kappa shape index (κ2) is 5.53. The standard InChI is InChI=1S/C17H20O3/c1-10(2)15-9-13-7-14(20-4)6-5-12(13)8-16(15)11(3)17(18)19/h5-11H,1-4H3,(H,18,19). The summed E-state index contributed by atoms with van der Waals surface area (Å²) in [6.45, 7) is 5.90. The molecule has 3 nitrogen and oxygen atoms in total. The fourth-order valence-electron chi connectivity index (χ4n) is 2.45. The molecule has 1 N–H and O–H groups in total. The third kappa shape index (κ3) is 2.62. The Morgan fingerprint density at radius 1 is 1.05 bits per heavy atom. The van der Waals surface area contributed by atoms with Gasteiger partial charge in [0.15, 0.2) is 0 Å². The van der Waals surface area contributed by atoms with Crippen molar-refractivity contribution in [2.45, 2.75) is 32.6 Å². The van der Waals surface area contributed by atoms with Gasteiger partial charge in [-0.05, 0) is 46.9 Å². The van der Waals surface area contributed by atoms with Gasteiger partial charge in [-0.15, -0.1) is 0 Å². The van der Waals surface area contributed by atoms with Crippen LogP contribution in [0.4, 0.5) is 0 Å². The molecule has 0 amide bonds. The summed E-state index contributed by atoms with van der Waals surface area (Å²) in [7, 11) is 1.64. The fourth-order valence-corrected chi connectivity index (χ4v) is 2.45. The second-order valence-electron chi connectivity index (χ2n) is 5.41. The van der Waals surface area contributed by atoms with Crippen molar-refractivity contribution in [3.8, 4) is 5.75 Å². The van der Waals surface area contributed by atoms with Gasteiger partial charge in [-0.2, -0.15) is 0 Å². The maximum atomic E-state index is 11.3. The third-order valence-corrected chi connectivity index (χ3v) is 3.71. The number of hydrogen-bond acceptors (Lipinski definition) is 2. The van der Waals surface area contributed by atoms with Gasteiger partial charge in [-0.3, -0.25) is 4.79 Å². The average molecular weight is 272 g/mol. The summed E-state index contributed by atoms with van der Waals surface area (Å²) in [5, 5.41) is 11.4. The van der Waals surface area contributed by atoms with Crippen LogP contribution in [0.1, 0.15) is 43.7 Å². The molecule has 20 heavy (non-hydrogen) atoms. The number of benzene rings is 2. The first-order chi connectivity index (χ1) is 9.43. The normalized spacial score (nSPS) is 12.7. The Morgan fingerprint density at radius 3 is 2.25 bits per heavy atom. The summed E-state index contributed by atoms with van der Waals surface area (Å²) in [6, 6.07) is 9.92. The molecule has 0 saturated heterocycles. The number of carbonyl (C=O) groups is 1. The first-order valence-corrected chi connectivity index (χ1v) is 6.78. The molecule has 0 spiro atoms. The lowest BCUT2D eigenvalue weighted by Gasteiger charge is -2.18. The first kappa shape index (κ1) is 14.4. The molecule has 1 unspecified atom stereocenters. The summed E-state index contributed by atoms with van der Waals surface area (Å²) in [6.07, 6.45) is 0. The highest BCUT2D eigenvalue weighted by atomic mass is 16.5. The van der Waals surface area contributed by atoms with Gasteiger partial charge in [0.2, 0.25) is 0 Å². The van der Waals surface area contributed by atoms with E-state index in [1.54, 1.807) is 14.0 Å². The molecule has 2 aromatic rings. The molecule has 0 fully saturated rings. The average Bonchev–Trinajstić information content (AvgIpc) is 2.44. The molecule has 0 aliphatic carbocycles. The van der Waals surface area contributed by atoms with Gasteiger partial charge in [0.1, 0.15) is 5.75 Å². The van der Waals surface area contributed by atoms with Crippen molar-refractivity contribution in [1.82, 2.24) is 0 Å². The molecular weight excluding hydrogens is 252 g/mol. The van der Waals surface area contributed by atoms with E-state index in [0.717, 1.165) is 27.6 Å². The SMILES string of the molecule is COc1ccc2cc(C(C)C(=O)O)c(C(C)C)cc2c1. The Kier molecular flexibility index (Phi) is 3.98. The summed E-state index contributed by atoms with van der Waals surface area (Å²) < 4.78 is 5.24. The van der Waals surface area contributed by atoms with Gasteiger partial charge in [-0.1, -0.05) is 32.0 Å². The van der Waals surface area contributed by atoms with Crippen molar-refractivity contribution in [2.75, 3.05) is 7.11 Å². The van der Waals surface area contributed by atoms with Crippen LogP contribution in [0.3, 0.4) is 0 Å². The van der Waals surface area contributed by atoms with Gasteiger partial charge in [-0.25, -0.2) is 0 Å². The van der Waals surface area contributed by atoms with Crippen LogP contribution in [0.25, 0.3) is 10.8 Å². The van der Waals surface area contributed by atoms with Crippen LogP contribution in [0.5, 0.6) is 5.75 Å². The van der Waals surface area contributed by atoms with E-state index in [1.165, 1.54) is 0 Å². The zero-order valence-corrected chi connectivity index (χ0v) is 12.3. The maximum absolute atomic E-state index is 11.3. The number of ether oxygens (including phenoxy) is 1. The van der Waals surface area contributed by atoms with Gasteiger partial charge < -0.3 is 9.84 Å². The molecule has 0 aromatic heterocycles. The van der Waals surface area contributed by atoms with E-state index in [1.807, 2.05) is 24.3 Å². The molecule has 1 atom stereocenters. The van der Waals surface area contributed by atoms with E-state index in [9.17, 15) is 9.90 Å². The van der Waals surface area contributed by atoms with E-state index >= 15 is 0 Å². The molecule has 0 saturated carbocycles. The largest absolute Gasteiger partial charge is 0.497 e. The molecule has 3 heteroatoms. The summed E-state index contributed by atoms with van der Waals surface area (Å²) in [4.78, 5) is 11.3. The monoisotopic (exact) mass is 272 g/mol. The van der Waals surface area contributed by atoms with Gasteiger partial charge >= 0.3 is 5.97 Å².